The summed E-state index contributed by atoms with van der Waals surface area (Å²) in [5.41, 5.74) is 8.96. The molecule has 0 bridgehead atoms. The summed E-state index contributed by atoms with van der Waals surface area (Å²) in [7, 11) is -18.4. The van der Waals surface area contributed by atoms with Crippen molar-refractivity contribution in [2.75, 3.05) is 38.1 Å². The van der Waals surface area contributed by atoms with Gasteiger partial charge in [-0.05, 0) is 269 Å². The van der Waals surface area contributed by atoms with Crippen molar-refractivity contribution in [3.63, 3.8) is 0 Å². The molecule has 0 aliphatic carbocycles. The summed E-state index contributed by atoms with van der Waals surface area (Å²) in [4.78, 5) is 23.7. The number of aromatic nitrogens is 1. The number of carbonyl (C=O) groups is 1. The van der Waals surface area contributed by atoms with E-state index in [-0.39, 0.29) is 54.0 Å². The van der Waals surface area contributed by atoms with E-state index >= 15 is 0 Å². The van der Waals surface area contributed by atoms with E-state index in [2.05, 4.69) is 64.8 Å². The number of benzene rings is 12. The molecule has 1 aliphatic heterocycles. The van der Waals surface area contributed by atoms with Crippen molar-refractivity contribution in [2.45, 2.75) is 167 Å². The summed E-state index contributed by atoms with van der Waals surface area (Å²) in [6, 6.07) is 83.3. The number of likely N-dealkylation sites (N-methyl/N-ethyl adjacent to an activating group) is 1. The highest BCUT2D eigenvalue weighted by molar-refractivity contribution is 9.10. The maximum atomic E-state index is 13.1. The Labute approximate surface area is 915 Å². The first kappa shape index (κ1) is 122. The number of aromatic amines is 1. The number of hydrogen-bond donors (Lipinski definition) is 1. The first-order valence-electron chi connectivity index (χ1n) is 44.0. The molecule has 0 unspecified atom stereocenters. The fourth-order valence-corrected chi connectivity index (χ4v) is 29.8. The van der Waals surface area contributed by atoms with Crippen LogP contribution in [-0.2, 0) is 122 Å². The quantitative estimate of drug-likeness (QED) is 0.0289. The highest BCUT2D eigenvalue weighted by atomic mass is 79.9. The molecule has 0 fully saturated rings. The lowest BCUT2D eigenvalue weighted by molar-refractivity contribution is -0.137. The minimum atomic E-state index is -4.65. The minimum Gasteiger partial charge on any atom is -0.364 e. The Bertz CT molecular complexity index is 7570. The van der Waals surface area contributed by atoms with E-state index in [4.69, 9.17) is 68.5 Å². The van der Waals surface area contributed by atoms with Crippen LogP contribution in [0.1, 0.15) is 106 Å². The average Bonchev–Trinajstić information content (AvgIpc) is 1.06. The summed E-state index contributed by atoms with van der Waals surface area (Å²) in [6.45, 7) is 11.4. The van der Waals surface area contributed by atoms with Gasteiger partial charge in [0.2, 0.25) is 0 Å². The molecule has 0 radical (unpaired) electrons. The summed E-state index contributed by atoms with van der Waals surface area (Å²) in [6.07, 6.45) is 4.35. The third-order valence-corrected chi connectivity index (χ3v) is 39.8. The lowest BCUT2D eigenvalue weighted by Crippen LogP contribution is -2.40. The van der Waals surface area contributed by atoms with Crippen molar-refractivity contribution < 1.29 is 68.5 Å². The van der Waals surface area contributed by atoms with Crippen LogP contribution in [0.5, 0.6) is 0 Å². The van der Waals surface area contributed by atoms with Crippen LogP contribution in [0.4, 0.5) is 13.2 Å². The van der Waals surface area contributed by atoms with Gasteiger partial charge in [0.05, 0.1) is 76.7 Å². The van der Waals surface area contributed by atoms with Crippen molar-refractivity contribution in [1.29, 1.82) is 10.5 Å². The van der Waals surface area contributed by atoms with E-state index in [1.54, 1.807) is 163 Å². The summed E-state index contributed by atoms with van der Waals surface area (Å²) in [5, 5.41) is 20.0. The van der Waals surface area contributed by atoms with Crippen LogP contribution < -0.4 is 0 Å². The largest absolute Gasteiger partial charge is 0.416 e. The smallest absolute Gasteiger partial charge is 0.364 e. The molecule has 0 saturated heterocycles. The number of nitriles is 2. The third-order valence-electron chi connectivity index (χ3n) is 21.3. The second kappa shape index (κ2) is 57.4. The van der Waals surface area contributed by atoms with Gasteiger partial charge in [-0.2, -0.15) is 23.7 Å². The van der Waals surface area contributed by atoms with Gasteiger partial charge in [0.1, 0.15) is 10.7 Å². The van der Waals surface area contributed by atoms with Crippen LogP contribution in [0.25, 0.3) is 0 Å². The zero-order valence-electron chi connectivity index (χ0n) is 79.6. The maximum Gasteiger partial charge on any atom is 0.416 e. The molecule has 18 nitrogen and oxygen atoms in total. The van der Waals surface area contributed by atoms with Gasteiger partial charge in [-0.3, -0.25) is 9.69 Å². The average molecular weight is 2370 g/mol. The Morgan fingerprint density at radius 1 is 0.411 bits per heavy atom. The SMILES string of the molecule is C.C=C1N(C)C=C(S(=O)(=O)Cc2cc(C(F)(F)F)ccc2SCCC#N)C(=O)N1C.CCCc1ccc(S(=O)(=O)Cc2cc(Cl)ccc2SCCC#N)cc1.CSc1ccc(Cl)cc1CS(=O)(=O)c1c[nH]c(C)c1.CSc1ccc(Cl)cc1CS(=O)(=O)c1ccc(C)cc1.Cc1ccc(S(=O)(=O)Cc2cc(Cl)ccc2SCc2ccccc2)cc1.O=S(=O)(Cc1cc(Cl)ccc1SCc1ccccc1)c1ccccc1Br. The topological polar surface area (TPSA) is 292 Å². The predicted octanol–water partition coefficient (Wildman–Crippen LogP) is 29.6. The molecule has 13 aromatic rings. The van der Waals surface area contributed by atoms with Crippen molar-refractivity contribution >= 4 is 209 Å². The number of nitrogens with zero attached hydrogens (tertiary/aromatic N) is 4. The highest BCUT2D eigenvalue weighted by Crippen LogP contribution is 2.40. The summed E-state index contributed by atoms with van der Waals surface area (Å²) >= 11 is 42.4. The molecular formula is C107H106BrCl5F3N5O13S12. The zero-order chi connectivity index (χ0) is 106. The van der Waals surface area contributed by atoms with Gasteiger partial charge in [0, 0.05) is 127 Å². The summed E-state index contributed by atoms with van der Waals surface area (Å²) in [5.74, 6) is 0.810. The van der Waals surface area contributed by atoms with Crippen LogP contribution in [0, 0.1) is 43.4 Å². The number of H-pyrrole nitrogens is 1. The van der Waals surface area contributed by atoms with Crippen LogP contribution >= 0.6 is 145 Å². The second-order valence-corrected chi connectivity index (χ2v) is 53.4. The number of alkyl halides is 3. The monoisotopic (exact) mass is 2360 g/mol. The second-order valence-electron chi connectivity index (χ2n) is 32.5. The van der Waals surface area contributed by atoms with E-state index in [1.165, 1.54) is 77.7 Å². The van der Waals surface area contributed by atoms with E-state index in [9.17, 15) is 68.5 Å². The number of carbonyl (C=O) groups excluding carboxylic acids is 1. The lowest BCUT2D eigenvalue weighted by atomic mass is 10.1. The molecule has 146 heavy (non-hydrogen) atoms. The molecule has 0 atom stereocenters. The van der Waals surface area contributed by atoms with Gasteiger partial charge in [0.25, 0.3) is 5.91 Å². The molecule has 0 spiro atoms. The van der Waals surface area contributed by atoms with Crippen molar-refractivity contribution in [3.8, 4) is 12.1 Å². The fraction of sp³-hybridized carbons (Fsp3) is 0.224. The van der Waals surface area contributed by atoms with E-state index < -0.39 is 87.3 Å². The van der Waals surface area contributed by atoms with E-state index in [1.807, 2.05) is 130 Å². The Kier molecular flexibility index (Phi) is 48.1. The fourth-order valence-electron chi connectivity index (χ4n) is 13.8. The Balaban J connectivity index is 0.000000215. The Morgan fingerprint density at radius 2 is 0.747 bits per heavy atom. The first-order chi connectivity index (χ1) is 68.6. The number of hydrogen-bond acceptors (Lipinski definition) is 22. The predicted molar refractivity (Wildman–Crippen MR) is 600 cm³/mol. The van der Waals surface area contributed by atoms with E-state index in [0.717, 1.165) is 123 Å². The maximum absolute atomic E-state index is 13.1. The number of amides is 1. The molecule has 14 rings (SSSR count). The molecule has 1 aromatic heterocycles. The summed E-state index contributed by atoms with van der Waals surface area (Å²) < 4.78 is 192. The van der Waals surface area contributed by atoms with Gasteiger partial charge < -0.3 is 9.88 Å². The number of thioether (sulfide) groups is 6. The highest BCUT2D eigenvalue weighted by Gasteiger charge is 2.37. The molecule has 772 valence electrons. The molecule has 39 heteroatoms. The first-order valence-corrected chi connectivity index (χ1v) is 63.0. The van der Waals surface area contributed by atoms with Crippen LogP contribution in [0.15, 0.2) is 361 Å². The third kappa shape index (κ3) is 37.7. The standard InChI is InChI=1S/C21H19ClO2S2.C20H16BrClO2S2.C19H20ClNO2S2.C18H18F3N3O3S2.C15H15ClO2S2.C13H14ClNO2S2.CH4/c1-16-7-10-20(11-8-16)26(23,24)15-18-13-19(22)9-12-21(18)25-14-17-5-3-2-4-6-17;21-18-8-4-5-9-20(18)26(23,24)14-16-12-17(22)10-11-19(16)25-13-15-6-2-1-3-7-15;1-2-4-15-5-8-18(9-6-15)25(22,23)14-16-13-17(20)7-10-19(16)24-12-3-11-21;1-12-23(2)10-16(17(25)24(12)3)29(26,27)11-13-9-14(18(19,20)21)5-6-15(13)28-8-4-7-22;1-11-3-6-14(7-4-11)20(17,18)10-12-9-13(16)5-8-15(12)19-2;1-9-5-12(7-15-9)19(16,17)8-10-6-11(14)3-4-13(10)18-2;/h2-13H,14-15H2,1H3;1-12H,13-14H2;5-10,13H,2-4,12,14H2,1H3;5-6,9-10H,1,4,8,11H2,2-3H3;3-9H,10H2,1-2H3;3-7,15H,8H2,1-2H3;1H4. The van der Waals surface area contributed by atoms with Crippen molar-refractivity contribution in [2.24, 2.45) is 0 Å². The van der Waals surface area contributed by atoms with Crippen molar-refractivity contribution in [1.82, 2.24) is 14.8 Å². The van der Waals surface area contributed by atoms with Gasteiger partial charge in [-0.25, -0.2) is 50.5 Å². The van der Waals surface area contributed by atoms with E-state index in [0.29, 0.717) is 88.0 Å². The van der Waals surface area contributed by atoms with Crippen LogP contribution in [-0.4, -0.2) is 109 Å². The molecular weight excluding hydrogens is 2260 g/mol. The van der Waals surface area contributed by atoms with Gasteiger partial charge in [0.15, 0.2) is 59.0 Å². The lowest BCUT2D eigenvalue weighted by Gasteiger charge is -2.31. The molecule has 0 saturated carbocycles. The van der Waals surface area contributed by atoms with Gasteiger partial charge >= 0.3 is 6.18 Å². The van der Waals surface area contributed by atoms with Crippen molar-refractivity contribution in [3.05, 3.63) is 405 Å². The molecule has 1 N–H and O–H groups in total. The minimum absolute atomic E-state index is 0. The number of aryl methyl sites for hydroxylation is 4. The Morgan fingerprint density at radius 3 is 1.11 bits per heavy atom. The zero-order valence-corrected chi connectivity index (χ0v) is 94.8. The van der Waals surface area contributed by atoms with Crippen LogP contribution in [0.2, 0.25) is 25.1 Å². The molecule has 1 aliphatic rings. The number of nitrogens with one attached hydrogen (secondary N) is 1. The molecule has 2 heterocycles. The van der Waals surface area contributed by atoms with Gasteiger partial charge in [-0.15, -0.1) is 70.6 Å². The van der Waals surface area contributed by atoms with Crippen LogP contribution in [0.3, 0.4) is 0 Å². The number of rotatable bonds is 34. The molecule has 12 aromatic carbocycles. The number of halogens is 9. The van der Waals surface area contributed by atoms with Gasteiger partial charge in [-0.1, -0.05) is 206 Å². The molecule has 1 amide bonds. The normalized spacial score (nSPS) is 12.2. The number of sulfone groups is 6. The Hall–Kier alpha value is -8.83.